The van der Waals surface area contributed by atoms with Gasteiger partial charge in [-0.1, -0.05) is 29.3 Å². The molecule has 2 aromatic heterocycles. The second kappa shape index (κ2) is 5.92. The lowest BCUT2D eigenvalue weighted by atomic mass is 10.2. The first-order valence-electron chi connectivity index (χ1n) is 6.49. The molecular formula is C16H13ClN2OS. The highest BCUT2D eigenvalue weighted by Crippen LogP contribution is 2.22. The Morgan fingerprint density at radius 2 is 1.95 bits per heavy atom. The molecule has 0 atom stereocenters. The van der Waals surface area contributed by atoms with Crippen molar-refractivity contribution in [3.8, 4) is 0 Å². The standard InChI is InChI=1S/C16H13ClN2OS/c1-11-2-5-14(6-3-11)21-10-13-8-16(20)19-9-12(17)4-7-15(19)18-13/h2-9H,10H2,1H3. The molecule has 1 aromatic carbocycles. The normalized spacial score (nSPS) is 11.0. The van der Waals surface area contributed by atoms with E-state index in [2.05, 4.69) is 36.2 Å². The number of rotatable bonds is 3. The number of aromatic nitrogens is 2. The Hall–Kier alpha value is -1.78. The van der Waals surface area contributed by atoms with Crippen molar-refractivity contribution in [2.45, 2.75) is 17.6 Å². The quantitative estimate of drug-likeness (QED) is 0.686. The summed E-state index contributed by atoms with van der Waals surface area (Å²) in [6.07, 6.45) is 1.59. The number of pyridine rings is 1. The van der Waals surface area contributed by atoms with Gasteiger partial charge in [-0.3, -0.25) is 9.20 Å². The van der Waals surface area contributed by atoms with Crippen LogP contribution in [0.1, 0.15) is 11.3 Å². The first-order chi connectivity index (χ1) is 10.1. The van der Waals surface area contributed by atoms with Crippen molar-refractivity contribution in [2.75, 3.05) is 0 Å². The molecule has 0 aliphatic heterocycles. The van der Waals surface area contributed by atoms with Crippen molar-refractivity contribution in [1.29, 1.82) is 0 Å². The van der Waals surface area contributed by atoms with Crippen LogP contribution in [0.3, 0.4) is 0 Å². The summed E-state index contributed by atoms with van der Waals surface area (Å²) in [5, 5.41) is 0.521. The number of halogens is 1. The van der Waals surface area contributed by atoms with Crippen molar-refractivity contribution < 1.29 is 0 Å². The van der Waals surface area contributed by atoms with Crippen molar-refractivity contribution in [2.24, 2.45) is 0 Å². The third-order valence-corrected chi connectivity index (χ3v) is 4.35. The van der Waals surface area contributed by atoms with E-state index in [1.165, 1.54) is 14.9 Å². The third-order valence-electron chi connectivity index (χ3n) is 3.08. The van der Waals surface area contributed by atoms with E-state index in [4.69, 9.17) is 11.6 Å². The summed E-state index contributed by atoms with van der Waals surface area (Å²) < 4.78 is 1.46. The highest BCUT2D eigenvalue weighted by atomic mass is 35.5. The van der Waals surface area contributed by atoms with Crippen LogP contribution in [0, 0.1) is 6.92 Å². The first kappa shape index (κ1) is 14.2. The second-order valence-corrected chi connectivity index (χ2v) is 6.25. The number of hydrogen-bond acceptors (Lipinski definition) is 3. The van der Waals surface area contributed by atoms with E-state index < -0.39 is 0 Å². The van der Waals surface area contributed by atoms with Gasteiger partial charge in [-0.25, -0.2) is 4.98 Å². The van der Waals surface area contributed by atoms with E-state index >= 15 is 0 Å². The topological polar surface area (TPSA) is 34.4 Å². The predicted octanol–water partition coefficient (Wildman–Crippen LogP) is 3.95. The van der Waals surface area contributed by atoms with Gasteiger partial charge < -0.3 is 0 Å². The minimum Gasteiger partial charge on any atom is -0.269 e. The Morgan fingerprint density at radius 3 is 2.71 bits per heavy atom. The fourth-order valence-electron chi connectivity index (χ4n) is 1.99. The average molecular weight is 317 g/mol. The minimum absolute atomic E-state index is 0.109. The van der Waals surface area contributed by atoms with Crippen LogP contribution in [-0.4, -0.2) is 9.38 Å². The van der Waals surface area contributed by atoms with E-state index in [1.807, 2.05) is 0 Å². The van der Waals surface area contributed by atoms with Gasteiger partial charge in [-0.15, -0.1) is 11.8 Å². The van der Waals surface area contributed by atoms with Gasteiger partial charge in [-0.05, 0) is 31.2 Å². The average Bonchev–Trinajstić information content (AvgIpc) is 2.47. The van der Waals surface area contributed by atoms with Crippen LogP contribution in [0.5, 0.6) is 0 Å². The fourth-order valence-corrected chi connectivity index (χ4v) is 2.94. The Balaban J connectivity index is 1.86. The number of thioether (sulfide) groups is 1. The lowest BCUT2D eigenvalue weighted by Gasteiger charge is -2.05. The minimum atomic E-state index is -0.109. The number of aryl methyl sites for hydroxylation is 1. The number of benzene rings is 1. The van der Waals surface area contributed by atoms with Crippen LogP contribution < -0.4 is 5.56 Å². The van der Waals surface area contributed by atoms with Crippen LogP contribution in [-0.2, 0) is 5.75 Å². The molecule has 3 rings (SSSR count). The van der Waals surface area contributed by atoms with E-state index in [9.17, 15) is 4.79 Å². The van der Waals surface area contributed by atoms with Crippen molar-refractivity contribution >= 4 is 29.0 Å². The molecule has 0 saturated heterocycles. The molecule has 0 fully saturated rings. The van der Waals surface area contributed by atoms with Crippen molar-refractivity contribution in [1.82, 2.24) is 9.38 Å². The van der Waals surface area contributed by atoms with Crippen molar-refractivity contribution in [3.05, 3.63) is 75.3 Å². The smallest absolute Gasteiger partial charge is 0.258 e. The zero-order valence-corrected chi connectivity index (χ0v) is 13.0. The SMILES string of the molecule is Cc1ccc(SCc2cc(=O)n3cc(Cl)ccc3n2)cc1. The molecule has 0 saturated carbocycles. The van der Waals surface area contributed by atoms with Crippen molar-refractivity contribution in [3.63, 3.8) is 0 Å². The molecule has 0 bridgehead atoms. The van der Waals surface area contributed by atoms with Crippen LogP contribution in [0.25, 0.3) is 5.65 Å². The van der Waals surface area contributed by atoms with Gasteiger partial charge in [0.15, 0.2) is 0 Å². The highest BCUT2D eigenvalue weighted by Gasteiger charge is 2.04. The van der Waals surface area contributed by atoms with Crippen LogP contribution in [0.15, 0.2) is 58.4 Å². The molecule has 0 radical (unpaired) electrons. The summed E-state index contributed by atoms with van der Waals surface area (Å²) in [5.41, 5.74) is 2.51. The van der Waals surface area contributed by atoms with E-state index in [-0.39, 0.29) is 5.56 Å². The summed E-state index contributed by atoms with van der Waals surface area (Å²) in [6, 6.07) is 13.4. The Bertz CT molecular complexity index is 843. The predicted molar refractivity (Wildman–Crippen MR) is 87.2 cm³/mol. The monoisotopic (exact) mass is 316 g/mol. The van der Waals surface area contributed by atoms with Gasteiger partial charge in [-0.2, -0.15) is 0 Å². The maximum Gasteiger partial charge on any atom is 0.258 e. The molecule has 0 aliphatic carbocycles. The summed E-state index contributed by atoms with van der Waals surface area (Å²) in [7, 11) is 0. The molecule has 0 amide bonds. The summed E-state index contributed by atoms with van der Waals surface area (Å²) in [4.78, 5) is 17.7. The molecular weight excluding hydrogens is 304 g/mol. The lowest BCUT2D eigenvalue weighted by Crippen LogP contribution is -2.14. The van der Waals surface area contributed by atoms with Gasteiger partial charge in [0.25, 0.3) is 5.56 Å². The third kappa shape index (κ3) is 3.28. The molecule has 0 aliphatic rings. The molecule has 0 spiro atoms. The molecule has 21 heavy (non-hydrogen) atoms. The molecule has 3 aromatic rings. The molecule has 3 nitrogen and oxygen atoms in total. The number of hydrogen-bond donors (Lipinski definition) is 0. The van der Waals surface area contributed by atoms with Crippen LogP contribution in [0.4, 0.5) is 0 Å². The van der Waals surface area contributed by atoms with E-state index in [1.54, 1.807) is 36.2 Å². The summed E-state index contributed by atoms with van der Waals surface area (Å²) >= 11 is 7.56. The number of fused-ring (bicyclic) bond motifs is 1. The Morgan fingerprint density at radius 1 is 1.19 bits per heavy atom. The molecule has 5 heteroatoms. The second-order valence-electron chi connectivity index (χ2n) is 4.76. The Kier molecular flexibility index (Phi) is 3.99. The summed E-state index contributed by atoms with van der Waals surface area (Å²) in [5.74, 6) is 0.664. The Labute approximate surface area is 131 Å². The van der Waals surface area contributed by atoms with Gasteiger partial charge in [0, 0.05) is 22.9 Å². The lowest BCUT2D eigenvalue weighted by molar-refractivity contribution is 1.01. The van der Waals surface area contributed by atoms with Gasteiger partial charge in [0.2, 0.25) is 0 Å². The molecule has 0 unspecified atom stereocenters. The van der Waals surface area contributed by atoms with Gasteiger partial charge in [0.05, 0.1) is 10.7 Å². The van der Waals surface area contributed by atoms with E-state index in [0.29, 0.717) is 16.4 Å². The summed E-state index contributed by atoms with van der Waals surface area (Å²) in [6.45, 7) is 2.06. The zero-order valence-electron chi connectivity index (χ0n) is 11.4. The van der Waals surface area contributed by atoms with Gasteiger partial charge in [0.1, 0.15) is 5.65 Å². The first-order valence-corrected chi connectivity index (χ1v) is 7.85. The molecule has 106 valence electrons. The number of nitrogens with zero attached hydrogens (tertiary/aromatic N) is 2. The zero-order chi connectivity index (χ0) is 14.8. The maximum absolute atomic E-state index is 12.1. The van der Waals surface area contributed by atoms with E-state index in [0.717, 1.165) is 5.69 Å². The molecule has 0 N–H and O–H groups in total. The van der Waals surface area contributed by atoms with Crippen LogP contribution >= 0.6 is 23.4 Å². The molecule has 2 heterocycles. The van der Waals surface area contributed by atoms with Crippen LogP contribution in [0.2, 0.25) is 5.02 Å². The van der Waals surface area contributed by atoms with Gasteiger partial charge >= 0.3 is 0 Å². The highest BCUT2D eigenvalue weighted by molar-refractivity contribution is 7.98. The maximum atomic E-state index is 12.1. The largest absolute Gasteiger partial charge is 0.269 e. The fraction of sp³-hybridized carbons (Fsp3) is 0.125.